The van der Waals surface area contributed by atoms with Gasteiger partial charge >= 0.3 is 23.1 Å². The summed E-state index contributed by atoms with van der Waals surface area (Å²) in [5.74, 6) is 0. The topological polar surface area (TPSA) is 0 Å². The van der Waals surface area contributed by atoms with E-state index in [0.717, 1.165) is 0 Å². The fraction of sp³-hybridized carbons (Fsp3) is 0.222. The summed E-state index contributed by atoms with van der Waals surface area (Å²) < 4.78 is 0. The Balaban J connectivity index is 0. The van der Waals surface area contributed by atoms with Crippen molar-refractivity contribution in [1.29, 1.82) is 0 Å². The molecule has 0 spiro atoms. The second-order valence-corrected chi connectivity index (χ2v) is 2.37. The van der Waals surface area contributed by atoms with Gasteiger partial charge in [0, 0.05) is 0 Å². The van der Waals surface area contributed by atoms with Crippen molar-refractivity contribution in [2.45, 2.75) is 13.8 Å². The normalized spacial score (nSPS) is 12.7. The number of allylic oxidation sites excluding steroid dienone is 6. The first-order valence-corrected chi connectivity index (χ1v) is 3.16. The third kappa shape index (κ3) is 4.72. The monoisotopic (exact) mass is 222 g/mol. The molecule has 0 nitrogen and oxygen atoms in total. The average Bonchev–Trinajstić information content (AvgIpc) is 1.90. The standard InChI is InChI=1S/C9H11.BrH.Mg/c1-8(2)9-6-4-3-5-7-9;;/h3-7H,1-2H3;1H;/q-1;;+2/p-1. The number of hydrogen-bond acceptors (Lipinski definition) is 0. The van der Waals surface area contributed by atoms with Crippen LogP contribution < -0.4 is 17.0 Å². The largest absolute Gasteiger partial charge is 2.00 e. The quantitative estimate of drug-likeness (QED) is 0.375. The maximum Gasteiger partial charge on any atom is 2.00 e. The van der Waals surface area contributed by atoms with E-state index in [1.165, 1.54) is 11.1 Å². The van der Waals surface area contributed by atoms with Crippen molar-refractivity contribution in [2.75, 3.05) is 0 Å². The third-order valence-corrected chi connectivity index (χ3v) is 1.35. The van der Waals surface area contributed by atoms with Crippen LogP contribution in [0, 0.1) is 6.42 Å². The van der Waals surface area contributed by atoms with E-state index >= 15 is 0 Å². The summed E-state index contributed by atoms with van der Waals surface area (Å²) in [6.45, 7) is 4.24. The minimum Gasteiger partial charge on any atom is -1.00 e. The molecule has 1 aliphatic carbocycles. The molecule has 0 radical (unpaired) electrons. The minimum absolute atomic E-state index is 0. The Kier molecular flexibility index (Phi) is 8.86. The van der Waals surface area contributed by atoms with Crippen LogP contribution in [0.4, 0.5) is 0 Å². The molecule has 0 heterocycles. The molecule has 0 aromatic heterocycles. The van der Waals surface area contributed by atoms with E-state index < -0.39 is 0 Å². The van der Waals surface area contributed by atoms with Gasteiger partial charge in [-0.2, -0.15) is 5.57 Å². The molecule has 0 bridgehead atoms. The molecule has 0 unspecified atom stereocenters. The van der Waals surface area contributed by atoms with Crippen molar-refractivity contribution in [3.63, 3.8) is 0 Å². The molecule has 0 amide bonds. The summed E-state index contributed by atoms with van der Waals surface area (Å²) in [5.41, 5.74) is 2.70. The molecule has 2 heteroatoms. The molecule has 11 heavy (non-hydrogen) atoms. The molecule has 0 aliphatic heterocycles. The summed E-state index contributed by atoms with van der Waals surface area (Å²) in [6.07, 6.45) is 10.4. The van der Waals surface area contributed by atoms with Gasteiger partial charge < -0.3 is 17.0 Å². The van der Waals surface area contributed by atoms with Gasteiger partial charge in [0.05, 0.1) is 0 Å². The molecule has 0 aromatic carbocycles. The second kappa shape index (κ2) is 7.01. The second-order valence-electron chi connectivity index (χ2n) is 2.37. The Morgan fingerprint density at radius 2 is 1.91 bits per heavy atom. The zero-order chi connectivity index (χ0) is 6.69. The fourth-order valence-corrected chi connectivity index (χ4v) is 0.771. The summed E-state index contributed by atoms with van der Waals surface area (Å²) >= 11 is 0. The molecular formula is C9H11BrMg. The van der Waals surface area contributed by atoms with Crippen LogP contribution in [0.3, 0.4) is 0 Å². The molecule has 0 saturated carbocycles. The summed E-state index contributed by atoms with van der Waals surface area (Å²) in [4.78, 5) is 0. The summed E-state index contributed by atoms with van der Waals surface area (Å²) in [5, 5.41) is 0. The molecule has 0 saturated heterocycles. The average molecular weight is 223 g/mol. The van der Waals surface area contributed by atoms with Crippen molar-refractivity contribution in [2.24, 2.45) is 0 Å². The summed E-state index contributed by atoms with van der Waals surface area (Å²) in [7, 11) is 0. The minimum atomic E-state index is 0. The molecule has 0 N–H and O–H groups in total. The molecule has 56 valence electrons. The zero-order valence-corrected chi connectivity index (χ0v) is 9.97. The van der Waals surface area contributed by atoms with Gasteiger partial charge in [0.2, 0.25) is 0 Å². The van der Waals surface area contributed by atoms with Crippen LogP contribution in [0.25, 0.3) is 0 Å². The fourth-order valence-electron chi connectivity index (χ4n) is 0.771. The number of rotatable bonds is 0. The van der Waals surface area contributed by atoms with Gasteiger partial charge in [0.15, 0.2) is 0 Å². The van der Waals surface area contributed by atoms with Crippen molar-refractivity contribution in [1.82, 2.24) is 0 Å². The van der Waals surface area contributed by atoms with Gasteiger partial charge in [-0.3, -0.25) is 0 Å². The SMILES string of the molecule is CC(C)=C1C=CC=C[CH-]1.[Br-].[Mg+2]. The van der Waals surface area contributed by atoms with Gasteiger partial charge in [-0.05, 0) is 0 Å². The molecule has 0 atom stereocenters. The van der Waals surface area contributed by atoms with Gasteiger partial charge in [-0.1, -0.05) is 13.8 Å². The van der Waals surface area contributed by atoms with Gasteiger partial charge in [0.1, 0.15) is 0 Å². The Bertz CT molecular complexity index is 186. The molecular weight excluding hydrogens is 212 g/mol. The smallest absolute Gasteiger partial charge is 1.00 e. The van der Waals surface area contributed by atoms with Crippen LogP contribution in [0.15, 0.2) is 35.5 Å². The van der Waals surface area contributed by atoms with E-state index in [-0.39, 0.29) is 40.0 Å². The zero-order valence-electron chi connectivity index (χ0n) is 6.97. The van der Waals surface area contributed by atoms with Crippen molar-refractivity contribution in [3.05, 3.63) is 41.9 Å². The van der Waals surface area contributed by atoms with Crippen molar-refractivity contribution in [3.8, 4) is 0 Å². The predicted octanol–water partition coefficient (Wildman–Crippen LogP) is -0.724. The molecule has 0 aromatic rings. The van der Waals surface area contributed by atoms with Crippen LogP contribution in [-0.2, 0) is 0 Å². The van der Waals surface area contributed by atoms with Gasteiger partial charge in [-0.25, -0.2) is 0 Å². The van der Waals surface area contributed by atoms with E-state index in [0.29, 0.717) is 0 Å². The van der Waals surface area contributed by atoms with Gasteiger partial charge in [-0.15, -0.1) is 36.3 Å². The summed E-state index contributed by atoms with van der Waals surface area (Å²) in [6, 6.07) is 0. The van der Waals surface area contributed by atoms with Gasteiger partial charge in [0.25, 0.3) is 0 Å². The van der Waals surface area contributed by atoms with E-state index in [2.05, 4.69) is 38.5 Å². The Morgan fingerprint density at radius 3 is 2.18 bits per heavy atom. The number of halogens is 1. The Hall–Kier alpha value is 0.336. The van der Waals surface area contributed by atoms with E-state index in [1.54, 1.807) is 0 Å². The molecule has 0 fully saturated rings. The first kappa shape index (κ1) is 13.9. The van der Waals surface area contributed by atoms with Crippen LogP contribution in [0.2, 0.25) is 0 Å². The van der Waals surface area contributed by atoms with E-state index in [9.17, 15) is 0 Å². The Labute approximate surface area is 95.4 Å². The van der Waals surface area contributed by atoms with E-state index in [4.69, 9.17) is 0 Å². The predicted molar refractivity (Wildman–Crippen MR) is 46.7 cm³/mol. The first-order chi connectivity index (χ1) is 4.30. The number of hydrogen-bond donors (Lipinski definition) is 0. The van der Waals surface area contributed by atoms with Crippen LogP contribution in [-0.4, -0.2) is 23.1 Å². The maximum atomic E-state index is 2.12. The van der Waals surface area contributed by atoms with Crippen LogP contribution in [0.1, 0.15) is 13.8 Å². The maximum absolute atomic E-state index is 2.12. The van der Waals surface area contributed by atoms with Crippen LogP contribution in [0.5, 0.6) is 0 Å². The molecule has 1 aliphatic rings. The van der Waals surface area contributed by atoms with Crippen molar-refractivity contribution < 1.29 is 17.0 Å². The first-order valence-electron chi connectivity index (χ1n) is 3.16. The molecule has 1 rings (SSSR count). The Morgan fingerprint density at radius 1 is 1.27 bits per heavy atom. The third-order valence-electron chi connectivity index (χ3n) is 1.35. The van der Waals surface area contributed by atoms with E-state index in [1.807, 2.05) is 6.08 Å². The van der Waals surface area contributed by atoms with Crippen LogP contribution >= 0.6 is 0 Å². The van der Waals surface area contributed by atoms with Crippen molar-refractivity contribution >= 4 is 23.1 Å².